The summed E-state index contributed by atoms with van der Waals surface area (Å²) in [5, 5.41) is 21.2. The van der Waals surface area contributed by atoms with Gasteiger partial charge in [0, 0.05) is 17.4 Å². The number of phenols is 1. The van der Waals surface area contributed by atoms with Gasteiger partial charge in [0.25, 0.3) is 11.8 Å². The number of hydrogen-bond acceptors (Lipinski definition) is 10. The highest BCUT2D eigenvalue weighted by molar-refractivity contribution is 8.24. The number of nitrogen functional groups attached to an aromatic ring is 1. The Hall–Kier alpha value is -3.51. The van der Waals surface area contributed by atoms with E-state index in [9.17, 15) is 14.2 Å². The van der Waals surface area contributed by atoms with E-state index in [1.165, 1.54) is 6.20 Å². The number of rotatable bonds is 7. The van der Waals surface area contributed by atoms with Crippen LogP contribution in [0.5, 0.6) is 5.75 Å². The molecule has 0 radical (unpaired) electrons. The molecule has 178 valence electrons. The van der Waals surface area contributed by atoms with Gasteiger partial charge in [-0.15, -0.1) is 10.2 Å². The molecule has 0 unspecified atom stereocenters. The van der Waals surface area contributed by atoms with Crippen LogP contribution >= 0.6 is 10.6 Å². The lowest BCUT2D eigenvalue weighted by Gasteiger charge is -2.36. The second kappa shape index (κ2) is 9.39. The molecule has 10 nitrogen and oxygen atoms in total. The summed E-state index contributed by atoms with van der Waals surface area (Å²) in [4.78, 5) is 9.19. The summed E-state index contributed by atoms with van der Waals surface area (Å²) in [6.45, 7) is 4.13. The number of benzene rings is 2. The van der Waals surface area contributed by atoms with Crippen molar-refractivity contribution in [2.45, 2.75) is 30.5 Å². The Morgan fingerprint density at radius 1 is 1.06 bits per heavy atom. The zero-order chi connectivity index (χ0) is 24.5. The maximum Gasteiger partial charge on any atom is 0.270 e. The zero-order valence-corrected chi connectivity index (χ0v) is 19.7. The van der Waals surface area contributed by atoms with Crippen LogP contribution in [-0.2, 0) is 6.54 Å². The molecular weight excluding hydrogens is 456 g/mol. The molecule has 0 atom stereocenters. The molecule has 11 heteroatoms. The number of aromatic hydroxyl groups is 1. The van der Waals surface area contributed by atoms with Crippen molar-refractivity contribution < 1.29 is 18.6 Å². The van der Waals surface area contributed by atoms with Crippen molar-refractivity contribution in [3.63, 3.8) is 0 Å². The summed E-state index contributed by atoms with van der Waals surface area (Å²) in [6.07, 6.45) is 1.51. The first-order valence-electron chi connectivity index (χ1n) is 10.5. The van der Waals surface area contributed by atoms with Crippen molar-refractivity contribution in [2.75, 3.05) is 12.8 Å². The molecular formula is C23H26N6O4S. The average Bonchev–Trinajstić information content (AvgIpc) is 3.29. The summed E-state index contributed by atoms with van der Waals surface area (Å²) in [5.41, 5.74) is 8.73. The van der Waals surface area contributed by atoms with E-state index >= 15 is 0 Å². The SMILES string of the molecule is CNCc1ccc(-c2nnc(-c3nc(-c4ccc(S(O)(O)C(C)C)cc4)cnc3N)o2)c(O)c1. The van der Waals surface area contributed by atoms with Crippen molar-refractivity contribution in [3.05, 3.63) is 54.2 Å². The zero-order valence-electron chi connectivity index (χ0n) is 18.9. The Bertz CT molecular complexity index is 1310. The highest BCUT2D eigenvalue weighted by atomic mass is 32.3. The van der Waals surface area contributed by atoms with Gasteiger partial charge < -0.3 is 20.6 Å². The Morgan fingerprint density at radius 3 is 2.41 bits per heavy atom. The van der Waals surface area contributed by atoms with Crippen molar-refractivity contribution in [2.24, 2.45) is 0 Å². The molecule has 2 aromatic carbocycles. The quantitative estimate of drug-likeness (QED) is 0.255. The fourth-order valence-corrected chi connectivity index (χ4v) is 4.37. The van der Waals surface area contributed by atoms with Crippen LogP contribution in [0.1, 0.15) is 19.4 Å². The van der Waals surface area contributed by atoms with Gasteiger partial charge in [-0.05, 0) is 50.7 Å². The number of anilines is 1. The molecule has 4 aromatic rings. The lowest BCUT2D eigenvalue weighted by atomic mass is 10.1. The predicted octanol–water partition coefficient (Wildman–Crippen LogP) is 4.39. The summed E-state index contributed by atoms with van der Waals surface area (Å²) < 4.78 is 26.5. The Kier molecular flexibility index (Phi) is 6.53. The third-order valence-corrected chi connectivity index (χ3v) is 7.54. The maximum absolute atomic E-state index is 10.4. The van der Waals surface area contributed by atoms with Gasteiger partial charge >= 0.3 is 0 Å². The molecule has 0 spiro atoms. The maximum atomic E-state index is 10.4. The van der Waals surface area contributed by atoms with E-state index in [4.69, 9.17) is 10.2 Å². The number of hydrogen-bond donors (Lipinski definition) is 5. The number of nitrogens with zero attached hydrogens (tertiary/aromatic N) is 4. The minimum atomic E-state index is -2.88. The van der Waals surface area contributed by atoms with Gasteiger partial charge in [-0.1, -0.05) is 18.2 Å². The number of aromatic nitrogens is 4. The van der Waals surface area contributed by atoms with Crippen LogP contribution in [0, 0.1) is 0 Å². The van der Waals surface area contributed by atoms with Crippen LogP contribution in [0.15, 0.2) is 58.0 Å². The third-order valence-electron chi connectivity index (χ3n) is 5.26. The molecule has 2 aromatic heterocycles. The highest BCUT2D eigenvalue weighted by Gasteiger charge is 2.21. The number of nitrogens with two attached hydrogens (primary N) is 1. The summed E-state index contributed by atoms with van der Waals surface area (Å²) in [7, 11) is -1.06. The summed E-state index contributed by atoms with van der Waals surface area (Å²) >= 11 is 0. The Balaban J connectivity index is 1.65. The first-order valence-corrected chi connectivity index (χ1v) is 12.1. The number of phenolic OH excluding ortho intramolecular Hbond substituents is 1. The molecule has 0 saturated carbocycles. The molecule has 0 amide bonds. The van der Waals surface area contributed by atoms with Crippen molar-refractivity contribution in [1.82, 2.24) is 25.5 Å². The van der Waals surface area contributed by atoms with E-state index in [2.05, 4.69) is 25.5 Å². The van der Waals surface area contributed by atoms with Gasteiger partial charge in [0.1, 0.15) is 5.75 Å². The second-order valence-corrected chi connectivity index (χ2v) is 10.5. The van der Waals surface area contributed by atoms with E-state index in [1.807, 2.05) is 13.1 Å². The van der Waals surface area contributed by atoms with Crippen LogP contribution in [0.25, 0.3) is 34.3 Å². The number of nitrogens with one attached hydrogen (secondary N) is 1. The van der Waals surface area contributed by atoms with Crippen LogP contribution in [0.3, 0.4) is 0 Å². The van der Waals surface area contributed by atoms with Crippen LogP contribution in [0.4, 0.5) is 5.82 Å². The van der Waals surface area contributed by atoms with Crippen molar-refractivity contribution in [1.29, 1.82) is 0 Å². The van der Waals surface area contributed by atoms with Crippen LogP contribution in [0.2, 0.25) is 0 Å². The fraction of sp³-hybridized carbons (Fsp3) is 0.217. The molecule has 4 rings (SSSR count). The lowest BCUT2D eigenvalue weighted by Crippen LogP contribution is -2.10. The lowest BCUT2D eigenvalue weighted by molar-refractivity contribution is 0.472. The van der Waals surface area contributed by atoms with Gasteiger partial charge in [0.05, 0.1) is 22.3 Å². The van der Waals surface area contributed by atoms with Gasteiger partial charge in [-0.25, -0.2) is 9.97 Å². The van der Waals surface area contributed by atoms with E-state index < -0.39 is 10.6 Å². The first-order chi connectivity index (χ1) is 16.2. The molecule has 0 fully saturated rings. The Labute approximate surface area is 198 Å². The standard InChI is InChI=1S/C23H26N6O4S/c1-13(2)34(31,32)16-7-5-15(6-8-16)18-12-26-21(24)20(27-18)23-29-28-22(33-23)17-9-4-14(11-25-3)10-19(17)30/h4-10,12-13,25,30-32H,11H2,1-3H3,(H2,24,26). The Morgan fingerprint density at radius 2 is 1.76 bits per heavy atom. The predicted molar refractivity (Wildman–Crippen MR) is 131 cm³/mol. The minimum Gasteiger partial charge on any atom is -0.507 e. The monoisotopic (exact) mass is 482 g/mol. The molecule has 0 aliphatic rings. The van der Waals surface area contributed by atoms with E-state index in [-0.39, 0.29) is 34.3 Å². The van der Waals surface area contributed by atoms with E-state index in [0.29, 0.717) is 28.3 Å². The van der Waals surface area contributed by atoms with Gasteiger partial charge in [-0.3, -0.25) is 9.11 Å². The van der Waals surface area contributed by atoms with Crippen LogP contribution in [-0.4, -0.2) is 46.7 Å². The fourth-order valence-electron chi connectivity index (χ4n) is 3.29. The summed E-state index contributed by atoms with van der Waals surface area (Å²) in [5.74, 6) is 0.311. The molecule has 34 heavy (non-hydrogen) atoms. The summed E-state index contributed by atoms with van der Waals surface area (Å²) in [6, 6.07) is 12.0. The molecule has 2 heterocycles. The van der Waals surface area contributed by atoms with E-state index in [0.717, 1.165) is 5.56 Å². The van der Waals surface area contributed by atoms with Crippen LogP contribution < -0.4 is 11.1 Å². The molecule has 0 aliphatic carbocycles. The van der Waals surface area contributed by atoms with Crippen molar-refractivity contribution in [3.8, 4) is 40.0 Å². The average molecular weight is 483 g/mol. The normalized spacial score (nSPS) is 12.3. The second-order valence-electron chi connectivity index (χ2n) is 7.95. The first kappa shape index (κ1) is 23.6. The molecule has 0 aliphatic heterocycles. The molecule has 0 saturated heterocycles. The third kappa shape index (κ3) is 4.59. The highest BCUT2D eigenvalue weighted by Crippen LogP contribution is 2.52. The smallest absolute Gasteiger partial charge is 0.270 e. The molecule has 6 N–H and O–H groups in total. The topological polar surface area (TPSA) is 163 Å². The molecule has 0 bridgehead atoms. The minimum absolute atomic E-state index is 0.0169. The van der Waals surface area contributed by atoms with Crippen molar-refractivity contribution >= 4 is 16.4 Å². The van der Waals surface area contributed by atoms with Gasteiger partial charge in [-0.2, -0.15) is 10.6 Å². The van der Waals surface area contributed by atoms with Gasteiger partial charge in [0.15, 0.2) is 11.5 Å². The van der Waals surface area contributed by atoms with E-state index in [1.54, 1.807) is 50.2 Å². The van der Waals surface area contributed by atoms with Gasteiger partial charge in [0.2, 0.25) is 0 Å². The largest absolute Gasteiger partial charge is 0.507 e.